The van der Waals surface area contributed by atoms with Crippen LogP contribution in [0.3, 0.4) is 0 Å². The standard InChI is InChI=1S/C11H6ClFN2O3/c12-7-2-1-6(13)5-9(7)18-10-4-3-8(11(16)17)14-15-10/h1-5H,(H,16,17). The second-order valence-corrected chi connectivity index (χ2v) is 3.65. The first-order chi connectivity index (χ1) is 8.56. The maximum absolute atomic E-state index is 13.0. The van der Waals surface area contributed by atoms with E-state index >= 15 is 0 Å². The molecule has 92 valence electrons. The molecule has 2 aromatic rings. The van der Waals surface area contributed by atoms with Crippen LogP contribution in [0.5, 0.6) is 11.6 Å². The van der Waals surface area contributed by atoms with E-state index in [1.807, 2.05) is 0 Å². The minimum absolute atomic E-state index is 0.0208. The molecule has 0 unspecified atom stereocenters. The second kappa shape index (κ2) is 4.97. The van der Waals surface area contributed by atoms with Gasteiger partial charge in [-0.3, -0.25) is 0 Å². The highest BCUT2D eigenvalue weighted by Crippen LogP contribution is 2.28. The van der Waals surface area contributed by atoms with E-state index in [2.05, 4.69) is 10.2 Å². The van der Waals surface area contributed by atoms with Crippen LogP contribution in [0.1, 0.15) is 10.5 Å². The van der Waals surface area contributed by atoms with Gasteiger partial charge in [-0.25, -0.2) is 9.18 Å². The lowest BCUT2D eigenvalue weighted by atomic mass is 10.3. The van der Waals surface area contributed by atoms with Crippen LogP contribution in [0.2, 0.25) is 5.02 Å². The van der Waals surface area contributed by atoms with Crippen LogP contribution in [0.4, 0.5) is 4.39 Å². The number of carbonyl (C=O) groups is 1. The van der Waals surface area contributed by atoms with Gasteiger partial charge in [0.05, 0.1) is 5.02 Å². The number of aromatic nitrogens is 2. The summed E-state index contributed by atoms with van der Waals surface area (Å²) in [7, 11) is 0. The number of carboxylic acids is 1. The van der Waals surface area contributed by atoms with Crippen molar-refractivity contribution < 1.29 is 19.0 Å². The van der Waals surface area contributed by atoms with Crippen molar-refractivity contribution in [1.29, 1.82) is 0 Å². The largest absolute Gasteiger partial charge is 0.476 e. The summed E-state index contributed by atoms with van der Waals surface area (Å²) in [4.78, 5) is 10.6. The Morgan fingerprint density at radius 2 is 2.06 bits per heavy atom. The Labute approximate surface area is 106 Å². The monoisotopic (exact) mass is 268 g/mol. The van der Waals surface area contributed by atoms with Gasteiger partial charge in [0.25, 0.3) is 0 Å². The molecule has 1 aromatic carbocycles. The normalized spacial score (nSPS) is 10.1. The molecule has 0 aliphatic rings. The van der Waals surface area contributed by atoms with Crippen molar-refractivity contribution in [1.82, 2.24) is 10.2 Å². The van der Waals surface area contributed by atoms with E-state index in [4.69, 9.17) is 21.4 Å². The van der Waals surface area contributed by atoms with Gasteiger partial charge in [0.2, 0.25) is 5.88 Å². The highest BCUT2D eigenvalue weighted by atomic mass is 35.5. The van der Waals surface area contributed by atoms with E-state index in [0.29, 0.717) is 0 Å². The van der Waals surface area contributed by atoms with Crippen molar-refractivity contribution >= 4 is 17.6 Å². The van der Waals surface area contributed by atoms with Gasteiger partial charge >= 0.3 is 5.97 Å². The van der Waals surface area contributed by atoms with Gasteiger partial charge in [-0.15, -0.1) is 10.2 Å². The van der Waals surface area contributed by atoms with Crippen molar-refractivity contribution in [2.75, 3.05) is 0 Å². The third kappa shape index (κ3) is 2.72. The molecule has 0 spiro atoms. The molecule has 0 atom stereocenters. The minimum atomic E-state index is -1.20. The quantitative estimate of drug-likeness (QED) is 0.927. The molecule has 0 saturated carbocycles. The molecule has 0 bridgehead atoms. The zero-order chi connectivity index (χ0) is 13.1. The number of benzene rings is 1. The predicted molar refractivity (Wildman–Crippen MR) is 60.5 cm³/mol. The first-order valence-electron chi connectivity index (χ1n) is 4.76. The number of halogens is 2. The molecule has 1 aromatic heterocycles. The number of hydrogen-bond acceptors (Lipinski definition) is 4. The van der Waals surface area contributed by atoms with Crippen molar-refractivity contribution in [3.8, 4) is 11.6 Å². The van der Waals surface area contributed by atoms with Gasteiger partial charge in [0, 0.05) is 12.1 Å². The van der Waals surface area contributed by atoms with Crippen LogP contribution < -0.4 is 4.74 Å². The first-order valence-corrected chi connectivity index (χ1v) is 5.14. The fraction of sp³-hybridized carbons (Fsp3) is 0. The fourth-order valence-corrected chi connectivity index (χ4v) is 1.31. The molecule has 1 N–H and O–H groups in total. The first kappa shape index (κ1) is 12.3. The van der Waals surface area contributed by atoms with Crippen molar-refractivity contribution in [3.05, 3.63) is 46.9 Å². The number of aromatic carboxylic acids is 1. The van der Waals surface area contributed by atoms with Gasteiger partial charge in [0.15, 0.2) is 11.4 Å². The third-order valence-electron chi connectivity index (χ3n) is 1.97. The Kier molecular flexibility index (Phi) is 3.38. The summed E-state index contributed by atoms with van der Waals surface area (Å²) < 4.78 is 18.2. The van der Waals surface area contributed by atoms with E-state index < -0.39 is 11.8 Å². The summed E-state index contributed by atoms with van der Waals surface area (Å²) in [5.41, 5.74) is -0.215. The van der Waals surface area contributed by atoms with Gasteiger partial charge in [-0.05, 0) is 18.2 Å². The van der Waals surface area contributed by atoms with Crippen molar-refractivity contribution in [3.63, 3.8) is 0 Å². The lowest BCUT2D eigenvalue weighted by molar-refractivity contribution is 0.0689. The summed E-state index contributed by atoms with van der Waals surface area (Å²) in [5.74, 6) is -1.61. The lowest BCUT2D eigenvalue weighted by Crippen LogP contribution is -2.02. The molecule has 5 nitrogen and oxygen atoms in total. The molecule has 0 radical (unpaired) electrons. The summed E-state index contributed by atoms with van der Waals surface area (Å²) in [6, 6.07) is 6.14. The molecule has 0 saturated heterocycles. The number of ether oxygens (including phenoxy) is 1. The zero-order valence-electron chi connectivity index (χ0n) is 8.80. The molecule has 0 fully saturated rings. The molecule has 2 rings (SSSR count). The van der Waals surface area contributed by atoms with E-state index in [0.717, 1.165) is 6.07 Å². The van der Waals surface area contributed by atoms with Crippen molar-refractivity contribution in [2.24, 2.45) is 0 Å². The topological polar surface area (TPSA) is 72.3 Å². The smallest absolute Gasteiger partial charge is 0.356 e. The predicted octanol–water partition coefficient (Wildman–Crippen LogP) is 2.76. The average molecular weight is 269 g/mol. The Morgan fingerprint density at radius 3 is 2.67 bits per heavy atom. The average Bonchev–Trinajstić information content (AvgIpc) is 2.34. The summed E-state index contributed by atoms with van der Waals surface area (Å²) in [5, 5.41) is 15.8. The van der Waals surface area contributed by atoms with Crippen LogP contribution in [0, 0.1) is 5.82 Å². The fourth-order valence-electron chi connectivity index (χ4n) is 1.16. The van der Waals surface area contributed by atoms with Crippen molar-refractivity contribution in [2.45, 2.75) is 0 Å². The van der Waals surface area contributed by atoms with E-state index in [9.17, 15) is 9.18 Å². The highest BCUT2D eigenvalue weighted by molar-refractivity contribution is 6.32. The maximum atomic E-state index is 13.0. The Hall–Kier alpha value is -2.21. The van der Waals surface area contributed by atoms with Gasteiger partial charge in [-0.1, -0.05) is 11.6 Å². The van der Waals surface area contributed by atoms with Crippen LogP contribution >= 0.6 is 11.6 Å². The molecular formula is C11H6ClFN2O3. The summed E-state index contributed by atoms with van der Waals surface area (Å²) >= 11 is 5.79. The maximum Gasteiger partial charge on any atom is 0.356 e. The van der Waals surface area contributed by atoms with Crippen LogP contribution in [0.15, 0.2) is 30.3 Å². The highest BCUT2D eigenvalue weighted by Gasteiger charge is 2.08. The number of nitrogens with zero attached hydrogens (tertiary/aromatic N) is 2. The summed E-state index contributed by atoms with van der Waals surface area (Å²) in [6.45, 7) is 0. The van der Waals surface area contributed by atoms with Gasteiger partial charge in [-0.2, -0.15) is 0 Å². The second-order valence-electron chi connectivity index (χ2n) is 3.24. The zero-order valence-corrected chi connectivity index (χ0v) is 9.56. The molecule has 18 heavy (non-hydrogen) atoms. The van der Waals surface area contributed by atoms with Crippen LogP contribution in [0.25, 0.3) is 0 Å². The molecule has 0 aliphatic carbocycles. The van der Waals surface area contributed by atoms with Crippen LogP contribution in [-0.2, 0) is 0 Å². The molecule has 1 heterocycles. The summed E-state index contributed by atoms with van der Waals surface area (Å²) in [6.07, 6.45) is 0. The SMILES string of the molecule is O=C(O)c1ccc(Oc2cc(F)ccc2Cl)nn1. The molecule has 7 heteroatoms. The number of carboxylic acid groups (broad SMARTS) is 1. The Balaban J connectivity index is 2.23. The molecule has 0 aliphatic heterocycles. The van der Waals surface area contributed by atoms with E-state index in [-0.39, 0.29) is 22.3 Å². The number of hydrogen-bond donors (Lipinski definition) is 1. The minimum Gasteiger partial charge on any atom is -0.476 e. The molecular weight excluding hydrogens is 263 g/mol. The van der Waals surface area contributed by atoms with Gasteiger partial charge in [0.1, 0.15) is 5.82 Å². The molecule has 0 amide bonds. The Bertz CT molecular complexity index is 589. The van der Waals surface area contributed by atoms with E-state index in [1.165, 1.54) is 24.3 Å². The van der Waals surface area contributed by atoms with E-state index in [1.54, 1.807) is 0 Å². The Morgan fingerprint density at radius 1 is 1.28 bits per heavy atom. The lowest BCUT2D eigenvalue weighted by Gasteiger charge is -2.05. The van der Waals surface area contributed by atoms with Crippen LogP contribution in [-0.4, -0.2) is 21.3 Å². The third-order valence-corrected chi connectivity index (χ3v) is 2.28. The van der Waals surface area contributed by atoms with Gasteiger partial charge < -0.3 is 9.84 Å². The number of rotatable bonds is 3.